The molecule has 4 rings (SSSR count). The second-order valence-corrected chi connectivity index (χ2v) is 5.88. The van der Waals surface area contributed by atoms with Crippen LogP contribution in [0.5, 0.6) is 0 Å². The predicted molar refractivity (Wildman–Crippen MR) is 94.4 cm³/mol. The zero-order chi connectivity index (χ0) is 15.8. The van der Waals surface area contributed by atoms with E-state index < -0.39 is 0 Å². The molecule has 0 saturated carbocycles. The second kappa shape index (κ2) is 5.56. The fourth-order valence-electron chi connectivity index (χ4n) is 3.02. The summed E-state index contributed by atoms with van der Waals surface area (Å²) in [7, 11) is 0. The van der Waals surface area contributed by atoms with E-state index in [0.29, 0.717) is 12.2 Å². The van der Waals surface area contributed by atoms with Gasteiger partial charge in [0.15, 0.2) is 0 Å². The zero-order valence-corrected chi connectivity index (χ0v) is 12.9. The van der Waals surface area contributed by atoms with Crippen LogP contribution in [0.4, 0.5) is 5.69 Å². The highest BCUT2D eigenvalue weighted by Gasteiger charge is 2.23. The van der Waals surface area contributed by atoms with Crippen molar-refractivity contribution in [2.24, 2.45) is 0 Å². The molecule has 0 radical (unpaired) electrons. The number of rotatable bonds is 2. The first-order chi connectivity index (χ1) is 11.2. The molecular formula is C19H16BNO2. The molecule has 0 saturated heterocycles. The van der Waals surface area contributed by atoms with Crippen molar-refractivity contribution in [2.75, 3.05) is 5.32 Å². The van der Waals surface area contributed by atoms with Crippen molar-refractivity contribution in [3.8, 4) is 0 Å². The number of hydrogen-bond donors (Lipinski definition) is 1. The fraction of sp³-hybridized carbons (Fsp3) is 0.105. The Balaban J connectivity index is 1.60. The van der Waals surface area contributed by atoms with Gasteiger partial charge in [-0.15, -0.1) is 0 Å². The second-order valence-electron chi connectivity index (χ2n) is 5.88. The molecule has 0 unspecified atom stereocenters. The van der Waals surface area contributed by atoms with Gasteiger partial charge in [-0.05, 0) is 46.1 Å². The SMILES string of the molecule is CB1OCc2ccc(NC(=O)c3ccc4ccccc4c3)cc21. The first-order valence-corrected chi connectivity index (χ1v) is 7.75. The van der Waals surface area contributed by atoms with Gasteiger partial charge >= 0.3 is 6.92 Å². The lowest BCUT2D eigenvalue weighted by Crippen LogP contribution is -2.25. The number of benzene rings is 3. The average molecular weight is 301 g/mol. The number of carbonyl (C=O) groups is 1. The monoisotopic (exact) mass is 301 g/mol. The van der Waals surface area contributed by atoms with Crippen molar-refractivity contribution in [1.82, 2.24) is 0 Å². The summed E-state index contributed by atoms with van der Waals surface area (Å²) in [5.74, 6) is -0.0951. The largest absolute Gasteiger partial charge is 0.427 e. The maximum absolute atomic E-state index is 12.5. The minimum Gasteiger partial charge on any atom is -0.427 e. The Labute approximate surface area is 135 Å². The van der Waals surface area contributed by atoms with Crippen LogP contribution in [0.1, 0.15) is 15.9 Å². The summed E-state index contributed by atoms with van der Waals surface area (Å²) in [6.07, 6.45) is 0. The lowest BCUT2D eigenvalue weighted by atomic mass is 9.64. The Kier molecular flexibility index (Phi) is 3.39. The molecule has 1 aliphatic heterocycles. The van der Waals surface area contributed by atoms with E-state index in [2.05, 4.69) is 5.32 Å². The molecule has 1 aliphatic rings. The Hall–Kier alpha value is -2.59. The van der Waals surface area contributed by atoms with Gasteiger partial charge in [0.2, 0.25) is 0 Å². The molecule has 0 aromatic heterocycles. The van der Waals surface area contributed by atoms with Crippen molar-refractivity contribution >= 4 is 34.7 Å². The molecule has 0 bridgehead atoms. The van der Waals surface area contributed by atoms with E-state index in [-0.39, 0.29) is 12.8 Å². The quantitative estimate of drug-likeness (QED) is 0.736. The first-order valence-electron chi connectivity index (χ1n) is 7.75. The van der Waals surface area contributed by atoms with Crippen LogP contribution in [-0.2, 0) is 11.3 Å². The standard InChI is InChI=1S/C19H16BNO2/c1-20-18-11-17(9-8-16(18)12-23-20)21-19(22)15-7-6-13-4-2-3-5-14(13)10-15/h2-11H,12H2,1H3,(H,21,22). The Morgan fingerprint density at radius 3 is 2.74 bits per heavy atom. The molecule has 3 nitrogen and oxygen atoms in total. The van der Waals surface area contributed by atoms with Crippen molar-refractivity contribution in [1.29, 1.82) is 0 Å². The van der Waals surface area contributed by atoms with Gasteiger partial charge in [-0.1, -0.05) is 43.2 Å². The van der Waals surface area contributed by atoms with E-state index in [0.717, 1.165) is 21.9 Å². The molecule has 1 N–H and O–H groups in total. The number of hydrogen-bond acceptors (Lipinski definition) is 2. The molecule has 4 heteroatoms. The van der Waals surface area contributed by atoms with Crippen molar-refractivity contribution in [2.45, 2.75) is 13.4 Å². The summed E-state index contributed by atoms with van der Waals surface area (Å²) in [4.78, 5) is 12.5. The Bertz CT molecular complexity index is 907. The topological polar surface area (TPSA) is 38.3 Å². The van der Waals surface area contributed by atoms with E-state index in [1.807, 2.05) is 67.5 Å². The van der Waals surface area contributed by atoms with E-state index in [1.165, 1.54) is 5.56 Å². The molecule has 0 spiro atoms. The lowest BCUT2D eigenvalue weighted by Gasteiger charge is -2.08. The fourth-order valence-corrected chi connectivity index (χ4v) is 3.02. The summed E-state index contributed by atoms with van der Waals surface area (Å²) in [5, 5.41) is 5.18. The average Bonchev–Trinajstić information content (AvgIpc) is 2.95. The highest BCUT2D eigenvalue weighted by atomic mass is 16.4. The minimum absolute atomic E-state index is 0.0857. The highest BCUT2D eigenvalue weighted by Crippen LogP contribution is 2.18. The van der Waals surface area contributed by atoms with Crippen LogP contribution in [0.2, 0.25) is 6.82 Å². The summed E-state index contributed by atoms with van der Waals surface area (Å²) in [6, 6.07) is 19.7. The van der Waals surface area contributed by atoms with E-state index in [4.69, 9.17) is 4.65 Å². The predicted octanol–water partition coefficient (Wildman–Crippen LogP) is 3.45. The van der Waals surface area contributed by atoms with E-state index in [9.17, 15) is 4.79 Å². The van der Waals surface area contributed by atoms with Gasteiger partial charge in [-0.25, -0.2) is 0 Å². The molecule has 0 fully saturated rings. The van der Waals surface area contributed by atoms with E-state index >= 15 is 0 Å². The van der Waals surface area contributed by atoms with Gasteiger partial charge in [0.25, 0.3) is 5.91 Å². The van der Waals surface area contributed by atoms with Gasteiger partial charge in [0.1, 0.15) is 0 Å². The van der Waals surface area contributed by atoms with Crippen LogP contribution >= 0.6 is 0 Å². The molecule has 1 heterocycles. The van der Waals surface area contributed by atoms with Crippen LogP contribution < -0.4 is 10.8 Å². The van der Waals surface area contributed by atoms with Crippen molar-refractivity contribution in [3.05, 3.63) is 71.8 Å². The molecule has 3 aromatic rings. The van der Waals surface area contributed by atoms with Gasteiger partial charge in [0.05, 0.1) is 6.61 Å². The smallest absolute Gasteiger partial charge is 0.324 e. The van der Waals surface area contributed by atoms with Crippen LogP contribution in [-0.4, -0.2) is 12.8 Å². The summed E-state index contributed by atoms with van der Waals surface area (Å²) in [5.41, 5.74) is 3.82. The molecule has 0 aliphatic carbocycles. The Morgan fingerprint density at radius 1 is 1.04 bits per heavy atom. The number of fused-ring (bicyclic) bond motifs is 2. The summed E-state index contributed by atoms with van der Waals surface area (Å²) in [6.45, 7) is 2.76. The maximum atomic E-state index is 12.5. The summed E-state index contributed by atoms with van der Waals surface area (Å²) >= 11 is 0. The van der Waals surface area contributed by atoms with Gasteiger partial charge < -0.3 is 9.97 Å². The number of anilines is 1. The van der Waals surface area contributed by atoms with Crippen LogP contribution in [0.25, 0.3) is 10.8 Å². The van der Waals surface area contributed by atoms with Gasteiger partial charge in [0, 0.05) is 11.3 Å². The van der Waals surface area contributed by atoms with Crippen LogP contribution in [0, 0.1) is 0 Å². The number of amides is 1. The Morgan fingerprint density at radius 2 is 1.87 bits per heavy atom. The molecule has 1 amide bonds. The van der Waals surface area contributed by atoms with Crippen LogP contribution in [0.3, 0.4) is 0 Å². The number of carbonyl (C=O) groups excluding carboxylic acids is 1. The highest BCUT2D eigenvalue weighted by molar-refractivity contribution is 6.67. The lowest BCUT2D eigenvalue weighted by molar-refractivity contribution is 0.102. The molecule has 23 heavy (non-hydrogen) atoms. The minimum atomic E-state index is -0.0951. The van der Waals surface area contributed by atoms with E-state index in [1.54, 1.807) is 0 Å². The molecular weight excluding hydrogens is 285 g/mol. The zero-order valence-electron chi connectivity index (χ0n) is 12.9. The normalized spacial score (nSPS) is 13.2. The third kappa shape index (κ3) is 2.62. The van der Waals surface area contributed by atoms with Crippen molar-refractivity contribution in [3.63, 3.8) is 0 Å². The van der Waals surface area contributed by atoms with Crippen LogP contribution in [0.15, 0.2) is 60.7 Å². The maximum Gasteiger partial charge on any atom is 0.324 e. The molecule has 3 aromatic carbocycles. The molecule has 112 valence electrons. The van der Waals surface area contributed by atoms with Crippen molar-refractivity contribution < 1.29 is 9.45 Å². The van der Waals surface area contributed by atoms with Gasteiger partial charge in [-0.3, -0.25) is 4.79 Å². The first kappa shape index (κ1) is 14.0. The number of nitrogens with one attached hydrogen (secondary N) is 1. The third-order valence-corrected chi connectivity index (χ3v) is 4.34. The van der Waals surface area contributed by atoms with Gasteiger partial charge in [-0.2, -0.15) is 0 Å². The molecule has 0 atom stereocenters. The third-order valence-electron chi connectivity index (χ3n) is 4.34. The summed E-state index contributed by atoms with van der Waals surface area (Å²) < 4.78 is 5.60.